The van der Waals surface area contributed by atoms with Crippen molar-refractivity contribution >= 4 is 11.3 Å². The van der Waals surface area contributed by atoms with E-state index in [1.165, 1.54) is 60.5 Å². The van der Waals surface area contributed by atoms with Crippen molar-refractivity contribution in [2.24, 2.45) is 0 Å². The van der Waals surface area contributed by atoms with E-state index in [-0.39, 0.29) is 5.41 Å². The summed E-state index contributed by atoms with van der Waals surface area (Å²) in [7, 11) is 2.03. The number of nitrogens with one attached hydrogen (secondary N) is 1. The Hall–Kier alpha value is -0.410. The summed E-state index contributed by atoms with van der Waals surface area (Å²) in [4.78, 5) is 6.52. The number of hydrogen-bond acceptors (Lipinski definition) is 3. The summed E-state index contributed by atoms with van der Waals surface area (Å²) in [6, 6.07) is 0. The molecule has 1 aromatic heterocycles. The Balaban J connectivity index is 2.22. The Morgan fingerprint density at radius 2 is 1.70 bits per heavy atom. The molecule has 20 heavy (non-hydrogen) atoms. The van der Waals surface area contributed by atoms with E-state index in [0.29, 0.717) is 5.92 Å². The summed E-state index contributed by atoms with van der Waals surface area (Å²) in [6.07, 6.45) is 9.72. The average molecular weight is 295 g/mol. The number of thiazole rings is 1. The summed E-state index contributed by atoms with van der Waals surface area (Å²) in [6.45, 7) is 7.80. The lowest BCUT2D eigenvalue weighted by atomic mass is 9.90. The van der Waals surface area contributed by atoms with Gasteiger partial charge in [0.25, 0.3) is 0 Å². The lowest BCUT2D eigenvalue weighted by Crippen LogP contribution is -2.16. The lowest BCUT2D eigenvalue weighted by molar-refractivity contribution is 0.452. The van der Waals surface area contributed by atoms with Gasteiger partial charge in [0.2, 0.25) is 0 Å². The molecule has 1 aliphatic rings. The smallest absolute Gasteiger partial charge is 0.0962 e. The van der Waals surface area contributed by atoms with Crippen molar-refractivity contribution in [2.75, 3.05) is 7.05 Å². The van der Waals surface area contributed by atoms with Gasteiger partial charge in [0.15, 0.2) is 0 Å². The first-order valence-electron chi connectivity index (χ1n) is 8.17. The Morgan fingerprint density at radius 1 is 1.10 bits per heavy atom. The molecule has 1 heterocycles. The summed E-state index contributed by atoms with van der Waals surface area (Å²) >= 11 is 1.96. The zero-order valence-electron chi connectivity index (χ0n) is 13.6. The highest BCUT2D eigenvalue weighted by Gasteiger charge is 2.25. The van der Waals surface area contributed by atoms with Gasteiger partial charge in [0.05, 0.1) is 10.7 Å². The molecule has 0 amide bonds. The minimum atomic E-state index is 0.155. The lowest BCUT2D eigenvalue weighted by Gasteiger charge is -2.19. The van der Waals surface area contributed by atoms with Gasteiger partial charge in [-0.1, -0.05) is 52.9 Å². The zero-order valence-corrected chi connectivity index (χ0v) is 14.4. The van der Waals surface area contributed by atoms with Crippen molar-refractivity contribution in [1.29, 1.82) is 0 Å². The van der Waals surface area contributed by atoms with E-state index in [4.69, 9.17) is 4.98 Å². The summed E-state index contributed by atoms with van der Waals surface area (Å²) in [5.74, 6) is 0.715. The predicted octanol–water partition coefficient (Wildman–Crippen LogP) is 4.99. The third-order valence-corrected chi connectivity index (χ3v) is 5.43. The van der Waals surface area contributed by atoms with E-state index in [0.717, 1.165) is 6.54 Å². The van der Waals surface area contributed by atoms with Crippen molar-refractivity contribution in [3.63, 3.8) is 0 Å². The molecule has 0 atom stereocenters. The Morgan fingerprint density at radius 3 is 2.25 bits per heavy atom. The summed E-state index contributed by atoms with van der Waals surface area (Å²) < 4.78 is 0. The molecular weight excluding hydrogens is 264 g/mol. The molecule has 0 radical (unpaired) electrons. The molecule has 0 bridgehead atoms. The van der Waals surface area contributed by atoms with E-state index in [2.05, 4.69) is 26.1 Å². The molecule has 0 unspecified atom stereocenters. The largest absolute Gasteiger partial charge is 0.315 e. The number of nitrogens with zero attached hydrogens (tertiary/aromatic N) is 1. The normalized spacial score (nSPS) is 18.8. The van der Waals surface area contributed by atoms with Gasteiger partial charge in [0.1, 0.15) is 0 Å². The Kier molecular flexibility index (Phi) is 5.62. The van der Waals surface area contributed by atoms with Crippen molar-refractivity contribution in [3.05, 3.63) is 15.6 Å². The van der Waals surface area contributed by atoms with E-state index < -0.39 is 0 Å². The van der Waals surface area contributed by atoms with Crippen molar-refractivity contribution in [2.45, 2.75) is 83.6 Å². The van der Waals surface area contributed by atoms with Crippen LogP contribution in [-0.2, 0) is 12.0 Å². The first kappa shape index (κ1) is 16.0. The van der Waals surface area contributed by atoms with Crippen molar-refractivity contribution in [3.8, 4) is 0 Å². The minimum absolute atomic E-state index is 0.155. The zero-order chi connectivity index (χ0) is 14.6. The Labute approximate surface area is 128 Å². The Bertz CT molecular complexity index is 409. The second-order valence-electron chi connectivity index (χ2n) is 7.15. The monoisotopic (exact) mass is 294 g/mol. The maximum absolute atomic E-state index is 5.07. The number of rotatable bonds is 3. The fourth-order valence-corrected chi connectivity index (χ4v) is 4.57. The fraction of sp³-hybridized carbons (Fsp3) is 0.824. The second kappa shape index (κ2) is 7.04. The van der Waals surface area contributed by atoms with Crippen LogP contribution in [0, 0.1) is 0 Å². The van der Waals surface area contributed by atoms with Gasteiger partial charge in [-0.3, -0.25) is 0 Å². The van der Waals surface area contributed by atoms with Gasteiger partial charge < -0.3 is 5.32 Å². The van der Waals surface area contributed by atoms with Gasteiger partial charge in [-0.2, -0.15) is 0 Å². The highest BCUT2D eigenvalue weighted by atomic mass is 32.1. The minimum Gasteiger partial charge on any atom is -0.315 e. The topological polar surface area (TPSA) is 24.9 Å². The van der Waals surface area contributed by atoms with Gasteiger partial charge >= 0.3 is 0 Å². The first-order valence-corrected chi connectivity index (χ1v) is 8.98. The maximum atomic E-state index is 5.07. The predicted molar refractivity (Wildman–Crippen MR) is 88.6 cm³/mol. The van der Waals surface area contributed by atoms with Crippen LogP contribution in [-0.4, -0.2) is 12.0 Å². The molecule has 0 spiro atoms. The van der Waals surface area contributed by atoms with Crippen LogP contribution >= 0.6 is 11.3 Å². The molecule has 0 aliphatic heterocycles. The van der Waals surface area contributed by atoms with Gasteiger partial charge in [-0.15, -0.1) is 11.3 Å². The van der Waals surface area contributed by atoms with Crippen LogP contribution in [0.2, 0.25) is 0 Å². The van der Waals surface area contributed by atoms with Gasteiger partial charge in [0, 0.05) is 22.8 Å². The molecule has 2 nitrogen and oxygen atoms in total. The molecule has 2 rings (SSSR count). The summed E-state index contributed by atoms with van der Waals surface area (Å²) in [5.41, 5.74) is 1.47. The van der Waals surface area contributed by atoms with Crippen LogP contribution in [0.4, 0.5) is 0 Å². The molecule has 1 fully saturated rings. The van der Waals surface area contributed by atoms with Crippen LogP contribution in [0.5, 0.6) is 0 Å². The third-order valence-electron chi connectivity index (χ3n) is 4.22. The number of hydrogen-bond donors (Lipinski definition) is 1. The molecule has 1 N–H and O–H groups in total. The fourth-order valence-electron chi connectivity index (χ4n) is 3.11. The molecule has 0 aromatic carbocycles. The maximum Gasteiger partial charge on any atom is 0.0962 e. The first-order chi connectivity index (χ1) is 9.52. The molecule has 1 saturated carbocycles. The highest BCUT2D eigenvalue weighted by molar-refractivity contribution is 7.11. The van der Waals surface area contributed by atoms with E-state index in [9.17, 15) is 0 Å². The number of aromatic nitrogens is 1. The van der Waals surface area contributed by atoms with E-state index >= 15 is 0 Å². The molecule has 3 heteroatoms. The standard InChI is InChI=1S/C17H30N2S/c1-17(2,3)15-14(12-18-4)20-16(19-15)13-10-8-6-5-7-9-11-13/h13,18H,5-12H2,1-4H3. The average Bonchev–Trinajstić information content (AvgIpc) is 2.72. The molecule has 1 aromatic rings. The van der Waals surface area contributed by atoms with Gasteiger partial charge in [-0.05, 0) is 19.9 Å². The van der Waals surface area contributed by atoms with Crippen LogP contribution in [0.1, 0.15) is 87.2 Å². The van der Waals surface area contributed by atoms with E-state index in [1.807, 2.05) is 18.4 Å². The molecule has 1 aliphatic carbocycles. The molecule has 0 saturated heterocycles. The highest BCUT2D eigenvalue weighted by Crippen LogP contribution is 2.37. The van der Waals surface area contributed by atoms with Crippen LogP contribution in [0.15, 0.2) is 0 Å². The quantitative estimate of drug-likeness (QED) is 0.849. The van der Waals surface area contributed by atoms with Gasteiger partial charge in [-0.25, -0.2) is 4.98 Å². The second-order valence-corrected chi connectivity index (χ2v) is 8.26. The van der Waals surface area contributed by atoms with Crippen LogP contribution < -0.4 is 5.32 Å². The molecular formula is C17H30N2S. The summed E-state index contributed by atoms with van der Waals surface area (Å²) in [5, 5.41) is 4.71. The van der Waals surface area contributed by atoms with E-state index in [1.54, 1.807) is 0 Å². The van der Waals surface area contributed by atoms with Crippen molar-refractivity contribution < 1.29 is 0 Å². The van der Waals surface area contributed by atoms with Crippen LogP contribution in [0.25, 0.3) is 0 Å². The van der Waals surface area contributed by atoms with Crippen LogP contribution in [0.3, 0.4) is 0 Å². The molecule has 114 valence electrons. The SMILES string of the molecule is CNCc1sc(C2CCCCCCC2)nc1C(C)(C)C. The van der Waals surface area contributed by atoms with Crippen molar-refractivity contribution in [1.82, 2.24) is 10.3 Å². The third kappa shape index (κ3) is 4.05.